The van der Waals surface area contributed by atoms with Gasteiger partial charge in [-0.15, -0.1) is 0 Å². The quantitative estimate of drug-likeness (QED) is 0.386. The zero-order chi connectivity index (χ0) is 26.1. The molecule has 3 aromatic rings. The highest BCUT2D eigenvalue weighted by Gasteiger charge is 2.38. The summed E-state index contributed by atoms with van der Waals surface area (Å²) in [5.41, 5.74) is 3.26. The maximum atomic E-state index is 13.8. The summed E-state index contributed by atoms with van der Waals surface area (Å²) in [5, 5.41) is 0.550. The highest BCUT2D eigenvalue weighted by molar-refractivity contribution is 6.31. The van der Waals surface area contributed by atoms with Gasteiger partial charge in [0.15, 0.2) is 0 Å². The number of benzene rings is 3. The van der Waals surface area contributed by atoms with E-state index in [1.165, 1.54) is 12.1 Å². The van der Waals surface area contributed by atoms with Crippen LogP contribution in [0.3, 0.4) is 0 Å². The van der Waals surface area contributed by atoms with Gasteiger partial charge in [0, 0.05) is 48.5 Å². The summed E-state index contributed by atoms with van der Waals surface area (Å²) in [4.78, 5) is 17.6. The summed E-state index contributed by atoms with van der Waals surface area (Å²) >= 11 is 6.28. The van der Waals surface area contributed by atoms with Crippen LogP contribution in [0.5, 0.6) is 11.5 Å². The minimum atomic E-state index is -0.623. The molecule has 1 fully saturated rings. The molecular weight excluding hydrogens is 498 g/mol. The lowest BCUT2D eigenvalue weighted by atomic mass is 9.87. The number of anilines is 1. The third-order valence-corrected chi connectivity index (χ3v) is 7.62. The smallest absolute Gasteiger partial charge is 0.231 e. The van der Waals surface area contributed by atoms with E-state index < -0.39 is 11.6 Å². The summed E-state index contributed by atoms with van der Waals surface area (Å²) < 4.78 is 38.8. The average Bonchev–Trinajstić information content (AvgIpc) is 3.24. The monoisotopic (exact) mass is 526 g/mol. The lowest BCUT2D eigenvalue weighted by Crippen LogP contribution is -2.41. The molecule has 0 radical (unpaired) electrons. The van der Waals surface area contributed by atoms with Crippen molar-refractivity contribution in [3.63, 3.8) is 0 Å². The van der Waals surface area contributed by atoms with Crippen molar-refractivity contribution in [2.24, 2.45) is 0 Å². The van der Waals surface area contributed by atoms with Crippen LogP contribution in [0.1, 0.15) is 41.4 Å². The number of likely N-dealkylation sites (tertiary alicyclic amines) is 1. The van der Waals surface area contributed by atoms with Crippen LogP contribution in [0.4, 0.5) is 14.5 Å². The molecule has 1 unspecified atom stereocenters. The van der Waals surface area contributed by atoms with Crippen molar-refractivity contribution in [3.05, 3.63) is 87.9 Å². The Kier molecular flexibility index (Phi) is 7.24. The minimum Gasteiger partial charge on any atom is -0.496 e. The highest BCUT2D eigenvalue weighted by Crippen LogP contribution is 2.43. The van der Waals surface area contributed by atoms with Gasteiger partial charge in [-0.1, -0.05) is 23.7 Å². The fourth-order valence-corrected chi connectivity index (χ4v) is 5.84. The summed E-state index contributed by atoms with van der Waals surface area (Å²) in [7, 11) is 3.31. The molecule has 0 aliphatic carbocycles. The molecule has 5 rings (SSSR count). The second kappa shape index (κ2) is 10.6. The number of carbonyl (C=O) groups excluding carboxylic acids is 1. The molecule has 2 aliphatic rings. The molecule has 194 valence electrons. The van der Waals surface area contributed by atoms with Crippen molar-refractivity contribution >= 4 is 23.2 Å². The van der Waals surface area contributed by atoms with Crippen LogP contribution < -0.4 is 14.4 Å². The number of methoxy groups -OCH3 is 2. The summed E-state index contributed by atoms with van der Waals surface area (Å²) in [5.74, 6) is 0.268. The van der Waals surface area contributed by atoms with E-state index in [0.29, 0.717) is 30.2 Å². The molecule has 0 spiro atoms. The number of carbonyl (C=O) groups is 1. The Hall–Kier alpha value is -3.32. The zero-order valence-corrected chi connectivity index (χ0v) is 21.6. The number of nitrogens with zero attached hydrogens (tertiary/aromatic N) is 2. The Morgan fingerprint density at radius 1 is 0.973 bits per heavy atom. The fourth-order valence-electron chi connectivity index (χ4n) is 5.68. The molecule has 2 heterocycles. The van der Waals surface area contributed by atoms with Gasteiger partial charge in [-0.2, -0.15) is 0 Å². The van der Waals surface area contributed by atoms with Gasteiger partial charge in [0.25, 0.3) is 0 Å². The Balaban J connectivity index is 1.33. The van der Waals surface area contributed by atoms with E-state index in [1.54, 1.807) is 20.3 Å². The molecule has 5 nitrogen and oxygen atoms in total. The van der Waals surface area contributed by atoms with Crippen LogP contribution in [0, 0.1) is 11.6 Å². The number of ether oxygens (including phenoxy) is 2. The van der Waals surface area contributed by atoms with Crippen LogP contribution in [0.15, 0.2) is 54.6 Å². The number of amides is 1. The SMILES string of the molecule is COc1cccc(OC)c1C1CCN(C(=O)C2CN(Cc3cc(F)cc(F)c3)c3cc(Cl)ccc32)CC1. The van der Waals surface area contributed by atoms with Crippen LogP contribution in [-0.4, -0.2) is 44.7 Å². The second-order valence-corrected chi connectivity index (χ2v) is 10.0. The molecule has 3 aromatic carbocycles. The molecular formula is C29H29ClF2N2O3. The van der Waals surface area contributed by atoms with Crippen molar-refractivity contribution in [1.82, 2.24) is 4.90 Å². The van der Waals surface area contributed by atoms with Gasteiger partial charge >= 0.3 is 0 Å². The zero-order valence-electron chi connectivity index (χ0n) is 20.8. The van der Waals surface area contributed by atoms with Crippen LogP contribution in [-0.2, 0) is 11.3 Å². The molecule has 0 aromatic heterocycles. The van der Waals surface area contributed by atoms with Gasteiger partial charge in [-0.05, 0) is 66.3 Å². The van der Waals surface area contributed by atoms with Crippen LogP contribution in [0.25, 0.3) is 0 Å². The van der Waals surface area contributed by atoms with E-state index in [9.17, 15) is 13.6 Å². The first-order chi connectivity index (χ1) is 17.9. The van der Waals surface area contributed by atoms with Gasteiger partial charge in [0.2, 0.25) is 5.91 Å². The lowest BCUT2D eigenvalue weighted by molar-refractivity contribution is -0.133. The first-order valence-corrected chi connectivity index (χ1v) is 12.7. The average molecular weight is 527 g/mol. The number of rotatable bonds is 6. The second-order valence-electron chi connectivity index (χ2n) is 9.59. The first kappa shape index (κ1) is 25.3. The Morgan fingerprint density at radius 3 is 2.24 bits per heavy atom. The number of hydrogen-bond acceptors (Lipinski definition) is 4. The molecule has 8 heteroatoms. The van der Waals surface area contributed by atoms with Gasteiger partial charge in [0.1, 0.15) is 23.1 Å². The van der Waals surface area contributed by atoms with Crippen molar-refractivity contribution in [1.29, 1.82) is 0 Å². The van der Waals surface area contributed by atoms with Gasteiger partial charge in [-0.25, -0.2) is 8.78 Å². The molecule has 0 bridgehead atoms. The molecule has 37 heavy (non-hydrogen) atoms. The van der Waals surface area contributed by atoms with Gasteiger partial charge in [-0.3, -0.25) is 4.79 Å². The van der Waals surface area contributed by atoms with Crippen LogP contribution >= 0.6 is 11.6 Å². The normalized spacial score (nSPS) is 17.6. The lowest BCUT2D eigenvalue weighted by Gasteiger charge is -2.34. The van der Waals surface area contributed by atoms with Crippen molar-refractivity contribution in [2.75, 3.05) is 38.8 Å². The molecule has 0 saturated carbocycles. The predicted molar refractivity (Wildman–Crippen MR) is 140 cm³/mol. The number of fused-ring (bicyclic) bond motifs is 1. The standard InChI is InChI=1S/C29H29ClF2N2O3/c1-36-26-4-3-5-27(37-2)28(26)19-8-10-33(11-9-19)29(35)24-17-34(25-14-20(30)6-7-23(24)25)16-18-12-21(31)15-22(32)13-18/h3-7,12-15,19,24H,8-11,16-17H2,1-2H3. The molecule has 1 atom stereocenters. The van der Waals surface area contributed by atoms with E-state index in [0.717, 1.165) is 47.2 Å². The fraction of sp³-hybridized carbons (Fsp3) is 0.345. The van der Waals surface area contributed by atoms with E-state index >= 15 is 0 Å². The Morgan fingerprint density at radius 2 is 1.62 bits per heavy atom. The van der Waals surface area contributed by atoms with E-state index in [1.807, 2.05) is 40.1 Å². The third-order valence-electron chi connectivity index (χ3n) is 7.39. The van der Waals surface area contributed by atoms with Crippen molar-refractivity contribution in [3.8, 4) is 11.5 Å². The minimum absolute atomic E-state index is 0.0573. The summed E-state index contributed by atoms with van der Waals surface area (Å²) in [6.07, 6.45) is 1.60. The number of halogens is 3. The molecule has 2 aliphatic heterocycles. The number of piperidine rings is 1. The van der Waals surface area contributed by atoms with E-state index in [2.05, 4.69) is 0 Å². The van der Waals surface area contributed by atoms with Crippen molar-refractivity contribution < 1.29 is 23.0 Å². The maximum absolute atomic E-state index is 13.8. The van der Waals surface area contributed by atoms with E-state index in [4.69, 9.17) is 21.1 Å². The molecule has 1 amide bonds. The largest absolute Gasteiger partial charge is 0.496 e. The summed E-state index contributed by atoms with van der Waals surface area (Å²) in [6, 6.07) is 14.8. The Labute approximate surface area is 220 Å². The topological polar surface area (TPSA) is 42.0 Å². The third kappa shape index (κ3) is 5.10. The van der Waals surface area contributed by atoms with Crippen molar-refractivity contribution in [2.45, 2.75) is 31.2 Å². The molecule has 1 saturated heterocycles. The maximum Gasteiger partial charge on any atom is 0.231 e. The predicted octanol–water partition coefficient (Wildman–Crippen LogP) is 6.15. The number of hydrogen-bond donors (Lipinski definition) is 0. The summed E-state index contributed by atoms with van der Waals surface area (Å²) in [6.45, 7) is 1.95. The van der Waals surface area contributed by atoms with Crippen LogP contribution in [0.2, 0.25) is 5.02 Å². The van der Waals surface area contributed by atoms with E-state index in [-0.39, 0.29) is 24.3 Å². The highest BCUT2D eigenvalue weighted by atomic mass is 35.5. The van der Waals surface area contributed by atoms with Gasteiger partial charge < -0.3 is 19.3 Å². The first-order valence-electron chi connectivity index (χ1n) is 12.4. The molecule has 0 N–H and O–H groups in total. The van der Waals surface area contributed by atoms with Gasteiger partial charge in [0.05, 0.1) is 20.1 Å². The Bertz CT molecular complexity index is 1270.